The van der Waals surface area contributed by atoms with E-state index in [-0.39, 0.29) is 11.2 Å². The lowest BCUT2D eigenvalue weighted by Gasteiger charge is -2.11. The molecule has 2 aromatic heterocycles. The van der Waals surface area contributed by atoms with Crippen molar-refractivity contribution in [3.8, 4) is 0 Å². The first-order valence-electron chi connectivity index (χ1n) is 8.56. The van der Waals surface area contributed by atoms with Gasteiger partial charge in [0.25, 0.3) is 0 Å². The van der Waals surface area contributed by atoms with Crippen LogP contribution in [-0.4, -0.2) is 15.2 Å². The monoisotopic (exact) mass is 344 g/mol. The Bertz CT molecular complexity index is 1150. The Morgan fingerprint density at radius 3 is 2.58 bits per heavy atom. The lowest BCUT2D eigenvalue weighted by atomic mass is 9.94. The van der Waals surface area contributed by atoms with Crippen LogP contribution in [0.1, 0.15) is 29.4 Å². The molecule has 0 aliphatic heterocycles. The van der Waals surface area contributed by atoms with Crippen LogP contribution in [0.4, 0.5) is 15.9 Å². The molecule has 0 fully saturated rings. The fourth-order valence-electron chi connectivity index (χ4n) is 3.74. The van der Waals surface area contributed by atoms with E-state index in [1.54, 1.807) is 0 Å². The minimum atomic E-state index is -0.319. The fourth-order valence-corrected chi connectivity index (χ4v) is 3.74. The highest BCUT2D eigenvalue weighted by Gasteiger charge is 2.52. The van der Waals surface area contributed by atoms with Crippen molar-refractivity contribution in [2.24, 2.45) is 0 Å². The molecule has 5 heteroatoms. The fraction of sp³-hybridized carbons (Fsp3) is 0.143. The summed E-state index contributed by atoms with van der Waals surface area (Å²) in [5.74, 6) is 0.542. The molecule has 4 aromatic rings. The number of rotatable bonds is 3. The van der Waals surface area contributed by atoms with Gasteiger partial charge in [0, 0.05) is 22.7 Å². The number of anilines is 2. The average molecular weight is 344 g/mol. The maximum absolute atomic E-state index is 13.4. The number of pyridine rings is 1. The van der Waals surface area contributed by atoms with Crippen molar-refractivity contribution in [3.05, 3.63) is 82.9 Å². The van der Waals surface area contributed by atoms with Gasteiger partial charge in [0.15, 0.2) is 5.82 Å². The molecule has 2 N–H and O–H groups in total. The summed E-state index contributed by atoms with van der Waals surface area (Å²) in [6.45, 7) is 4.11. The molecule has 0 radical (unpaired) electrons. The highest BCUT2D eigenvalue weighted by molar-refractivity contribution is 5.99. The third-order valence-corrected chi connectivity index (χ3v) is 5.18. The van der Waals surface area contributed by atoms with E-state index in [0.717, 1.165) is 44.9 Å². The van der Waals surface area contributed by atoms with Crippen LogP contribution in [0.25, 0.3) is 10.9 Å². The van der Waals surface area contributed by atoms with Crippen LogP contribution in [0.5, 0.6) is 0 Å². The third kappa shape index (κ3) is 2.07. The van der Waals surface area contributed by atoms with Crippen LogP contribution in [0, 0.1) is 12.7 Å². The zero-order valence-corrected chi connectivity index (χ0v) is 14.5. The number of hydrogen-bond acceptors (Lipinski definition) is 3. The van der Waals surface area contributed by atoms with Gasteiger partial charge in [-0.05, 0) is 37.6 Å². The summed E-state index contributed by atoms with van der Waals surface area (Å²) >= 11 is 0. The maximum atomic E-state index is 13.4. The molecule has 1 atom stereocenters. The summed E-state index contributed by atoms with van der Waals surface area (Å²) < 4.78 is 13.4. The predicted molar refractivity (Wildman–Crippen MR) is 100 cm³/mol. The minimum absolute atomic E-state index is 0.231. The number of para-hydroxylation sites is 1. The summed E-state index contributed by atoms with van der Waals surface area (Å²) in [5, 5.41) is 11.8. The molecular weight excluding hydrogens is 327 g/mol. The molecule has 0 saturated carbocycles. The van der Waals surface area contributed by atoms with Gasteiger partial charge < -0.3 is 5.32 Å². The van der Waals surface area contributed by atoms with Crippen molar-refractivity contribution in [3.63, 3.8) is 0 Å². The molecular formula is C21H17FN4. The van der Waals surface area contributed by atoms with Gasteiger partial charge in [-0.25, -0.2) is 4.39 Å². The lowest BCUT2D eigenvalue weighted by molar-refractivity contribution is 0.626. The quantitative estimate of drug-likeness (QED) is 0.560. The zero-order valence-electron chi connectivity index (χ0n) is 14.5. The van der Waals surface area contributed by atoms with Gasteiger partial charge in [-0.1, -0.05) is 30.3 Å². The molecule has 0 bridgehead atoms. The van der Waals surface area contributed by atoms with E-state index >= 15 is 0 Å². The van der Waals surface area contributed by atoms with Gasteiger partial charge in [-0.15, -0.1) is 0 Å². The van der Waals surface area contributed by atoms with Gasteiger partial charge in [-0.3, -0.25) is 10.1 Å². The Balaban J connectivity index is 1.70. The van der Waals surface area contributed by atoms with Crippen molar-refractivity contribution in [1.29, 1.82) is 0 Å². The number of benzene rings is 2. The van der Waals surface area contributed by atoms with Crippen molar-refractivity contribution in [2.75, 3.05) is 5.32 Å². The Morgan fingerprint density at radius 1 is 1.08 bits per heavy atom. The number of fused-ring (bicyclic) bond motifs is 2. The summed E-state index contributed by atoms with van der Waals surface area (Å²) in [6, 6.07) is 16.7. The first kappa shape index (κ1) is 15.1. The Labute approximate surface area is 150 Å². The van der Waals surface area contributed by atoms with Crippen molar-refractivity contribution in [2.45, 2.75) is 19.3 Å². The molecule has 1 aliphatic rings. The number of aromatic amines is 1. The number of nitrogens with zero attached hydrogens (tertiary/aromatic N) is 2. The van der Waals surface area contributed by atoms with Crippen molar-refractivity contribution < 1.29 is 4.39 Å². The molecule has 0 spiro atoms. The number of halogens is 1. The molecule has 0 saturated heterocycles. The molecule has 26 heavy (non-hydrogen) atoms. The lowest BCUT2D eigenvalue weighted by Crippen LogP contribution is -2.05. The molecule has 1 aliphatic carbocycles. The van der Waals surface area contributed by atoms with E-state index in [4.69, 9.17) is 4.98 Å². The van der Waals surface area contributed by atoms with E-state index in [2.05, 4.69) is 28.5 Å². The number of H-pyrrole nitrogens is 1. The van der Waals surface area contributed by atoms with Gasteiger partial charge >= 0.3 is 0 Å². The van der Waals surface area contributed by atoms with Crippen molar-refractivity contribution >= 4 is 22.4 Å². The average Bonchev–Trinajstić information content (AvgIpc) is 3.03. The van der Waals surface area contributed by atoms with E-state index in [1.807, 2.05) is 43.3 Å². The first-order chi connectivity index (χ1) is 12.6. The van der Waals surface area contributed by atoms with Crippen LogP contribution in [0.15, 0.2) is 54.6 Å². The third-order valence-electron chi connectivity index (χ3n) is 5.18. The van der Waals surface area contributed by atoms with Crippen LogP contribution in [0.3, 0.4) is 0 Å². The number of aromatic nitrogens is 3. The molecule has 1 unspecified atom stereocenters. The summed E-state index contributed by atoms with van der Waals surface area (Å²) in [6.07, 6.45) is 0. The summed E-state index contributed by atoms with van der Waals surface area (Å²) in [5.41, 5.74) is 5.84. The largest absolute Gasteiger partial charge is 0.338 e. The summed E-state index contributed by atoms with van der Waals surface area (Å²) in [7, 11) is 0. The summed E-state index contributed by atoms with van der Waals surface area (Å²) in [4.78, 5) is 4.87. The van der Waals surface area contributed by atoms with Gasteiger partial charge in [0.1, 0.15) is 5.82 Å². The van der Waals surface area contributed by atoms with E-state index < -0.39 is 0 Å². The Hall–Kier alpha value is -3.21. The first-order valence-corrected chi connectivity index (χ1v) is 8.56. The second-order valence-electron chi connectivity index (χ2n) is 6.92. The number of hydrogen-bond donors (Lipinski definition) is 2. The van der Waals surface area contributed by atoms with Crippen molar-refractivity contribution in [1.82, 2.24) is 15.2 Å². The highest BCUT2D eigenvalue weighted by Crippen LogP contribution is 2.58. The van der Waals surface area contributed by atoms with Crippen LogP contribution in [0.2, 0.25) is 0 Å². The Morgan fingerprint density at radius 2 is 1.85 bits per heavy atom. The van der Waals surface area contributed by atoms with Crippen LogP contribution < -0.4 is 5.32 Å². The predicted octanol–water partition coefficient (Wildman–Crippen LogP) is 4.82. The van der Waals surface area contributed by atoms with E-state index in [1.165, 1.54) is 12.1 Å². The normalized spacial score (nSPS) is 18.0. The molecule has 0 amide bonds. The highest BCUT2D eigenvalue weighted by atomic mass is 19.1. The minimum Gasteiger partial charge on any atom is -0.338 e. The molecule has 2 heterocycles. The zero-order chi connectivity index (χ0) is 17.9. The van der Waals surface area contributed by atoms with Gasteiger partial charge in [0.2, 0.25) is 0 Å². The Kier molecular flexibility index (Phi) is 2.98. The number of aryl methyl sites for hydroxylation is 1. The SMILES string of the molecule is Cc1cc(Nc2c3c(nc4ccccc24)C3(C)c2ccc(F)cc2)n[nH]1. The van der Waals surface area contributed by atoms with Crippen LogP contribution >= 0.6 is 0 Å². The van der Waals surface area contributed by atoms with Gasteiger partial charge in [-0.2, -0.15) is 5.10 Å². The molecule has 2 aromatic carbocycles. The molecule has 5 rings (SSSR count). The second kappa shape index (κ2) is 5.14. The smallest absolute Gasteiger partial charge is 0.152 e. The van der Waals surface area contributed by atoms with E-state index in [9.17, 15) is 4.39 Å². The topological polar surface area (TPSA) is 53.6 Å². The standard InChI is InChI=1S/C21H17FN4/c1-12-11-17(26-25-12)24-19-15-5-3-4-6-16(15)23-20-18(19)21(20,2)13-7-9-14(22)10-8-13/h3-11H,1-2H3,(H2,23,24,25,26). The van der Waals surface area contributed by atoms with E-state index in [0.29, 0.717) is 0 Å². The maximum Gasteiger partial charge on any atom is 0.152 e. The number of nitrogens with one attached hydrogen (secondary N) is 2. The second-order valence-corrected chi connectivity index (χ2v) is 6.92. The molecule has 4 nitrogen and oxygen atoms in total. The van der Waals surface area contributed by atoms with Gasteiger partial charge in [0.05, 0.1) is 22.3 Å². The molecule has 128 valence electrons. The van der Waals surface area contributed by atoms with Crippen LogP contribution in [-0.2, 0) is 5.41 Å².